The first-order valence-electron chi connectivity index (χ1n) is 6.50. The van der Waals surface area contributed by atoms with Gasteiger partial charge in [0, 0.05) is 11.7 Å². The predicted octanol–water partition coefficient (Wildman–Crippen LogP) is 0.872. The Morgan fingerprint density at radius 3 is 2.71 bits per heavy atom. The quantitative estimate of drug-likeness (QED) is 0.459. The summed E-state index contributed by atoms with van der Waals surface area (Å²) in [4.78, 5) is 41.1. The molecule has 0 fully saturated rings. The number of aryl methyl sites for hydroxylation is 1. The Kier molecular flexibility index (Phi) is 6.41. The fourth-order valence-electron chi connectivity index (χ4n) is 1.56. The number of hydrogen-bond donors (Lipinski definition) is 2. The van der Waals surface area contributed by atoms with Crippen LogP contribution in [0, 0.1) is 6.92 Å². The van der Waals surface area contributed by atoms with Crippen LogP contribution in [0.5, 0.6) is 0 Å². The van der Waals surface area contributed by atoms with E-state index in [-0.39, 0.29) is 28.3 Å². The van der Waals surface area contributed by atoms with Crippen LogP contribution in [0.1, 0.15) is 36.3 Å². The van der Waals surface area contributed by atoms with E-state index >= 15 is 0 Å². The van der Waals surface area contributed by atoms with Gasteiger partial charge in [0.15, 0.2) is 0 Å². The number of H-pyrrole nitrogens is 1. The molecule has 8 heteroatoms. The average Bonchev–Trinajstić information content (AvgIpc) is 2.43. The molecule has 116 valence electrons. The number of carbonyl (C=O) groups excluding carboxylic acids is 2. The Balaban J connectivity index is 2.90. The number of ether oxygens (including phenoxy) is 1. The number of nitrogens with one attached hydrogen (secondary N) is 2. The lowest BCUT2D eigenvalue weighted by atomic mass is 10.2. The van der Waals surface area contributed by atoms with Gasteiger partial charge in [-0.25, -0.2) is 9.59 Å². The largest absolute Gasteiger partial charge is 0.465 e. The van der Waals surface area contributed by atoms with Crippen LogP contribution in [0.25, 0.3) is 0 Å². The van der Waals surface area contributed by atoms with E-state index in [1.54, 1.807) is 6.92 Å². The molecule has 0 aromatic carbocycles. The molecule has 0 saturated carbocycles. The Labute approximate surface area is 126 Å². The molecular weight excluding hydrogens is 294 g/mol. The lowest BCUT2D eigenvalue weighted by Crippen LogP contribution is -2.33. The van der Waals surface area contributed by atoms with Crippen LogP contribution in [0.3, 0.4) is 0 Å². The number of amides is 1. The number of hydrogen-bond acceptors (Lipinski definition) is 6. The van der Waals surface area contributed by atoms with Crippen LogP contribution in [-0.4, -0.2) is 40.7 Å². The van der Waals surface area contributed by atoms with E-state index in [9.17, 15) is 14.4 Å². The maximum absolute atomic E-state index is 11.7. The summed E-state index contributed by atoms with van der Waals surface area (Å²) in [5.74, 6) is -0.699. The van der Waals surface area contributed by atoms with Gasteiger partial charge in [0.2, 0.25) is 5.91 Å². The highest BCUT2D eigenvalue weighted by molar-refractivity contribution is 8.00. The zero-order valence-corrected chi connectivity index (χ0v) is 13.3. The summed E-state index contributed by atoms with van der Waals surface area (Å²) in [6, 6.07) is 0.0760. The first-order valence-corrected chi connectivity index (χ1v) is 7.49. The van der Waals surface area contributed by atoms with Gasteiger partial charge in [-0.2, -0.15) is 4.98 Å². The number of thioether (sulfide) groups is 1. The van der Waals surface area contributed by atoms with E-state index < -0.39 is 11.7 Å². The van der Waals surface area contributed by atoms with E-state index in [0.717, 1.165) is 18.2 Å². The number of esters is 1. The van der Waals surface area contributed by atoms with Gasteiger partial charge in [0.25, 0.3) is 0 Å². The second kappa shape index (κ2) is 7.82. The monoisotopic (exact) mass is 313 g/mol. The minimum absolute atomic E-state index is 0.0736. The third-order valence-corrected chi connectivity index (χ3v) is 3.81. The second-order valence-electron chi connectivity index (χ2n) is 4.50. The van der Waals surface area contributed by atoms with Crippen molar-refractivity contribution in [2.75, 3.05) is 12.9 Å². The SMILES string of the molecule is CCC(C)NC(=O)CSc1nc(=O)[nH]c(C)c1C(=O)OC. The van der Waals surface area contributed by atoms with Crippen LogP contribution in [0.4, 0.5) is 0 Å². The molecule has 1 heterocycles. The van der Waals surface area contributed by atoms with Crippen molar-refractivity contribution in [2.24, 2.45) is 0 Å². The first kappa shape index (κ1) is 17.2. The molecule has 0 bridgehead atoms. The lowest BCUT2D eigenvalue weighted by Gasteiger charge is -2.12. The standard InChI is InChI=1S/C13H19N3O4S/c1-5-7(2)14-9(17)6-21-11-10(12(18)20-4)8(3)15-13(19)16-11/h7H,5-6H2,1-4H3,(H,14,17)(H,15,16,19). The van der Waals surface area contributed by atoms with E-state index in [1.807, 2.05) is 13.8 Å². The van der Waals surface area contributed by atoms with E-state index in [1.165, 1.54) is 7.11 Å². The van der Waals surface area contributed by atoms with E-state index in [2.05, 4.69) is 20.0 Å². The minimum atomic E-state index is -0.596. The number of aromatic amines is 1. The van der Waals surface area contributed by atoms with Crippen molar-refractivity contribution in [3.05, 3.63) is 21.7 Å². The number of carbonyl (C=O) groups is 2. The van der Waals surface area contributed by atoms with Crippen molar-refractivity contribution in [3.63, 3.8) is 0 Å². The molecule has 0 spiro atoms. The zero-order chi connectivity index (χ0) is 16.0. The van der Waals surface area contributed by atoms with E-state index in [4.69, 9.17) is 0 Å². The van der Waals surface area contributed by atoms with Gasteiger partial charge in [0.1, 0.15) is 10.6 Å². The Hall–Kier alpha value is -1.83. The number of rotatable bonds is 6. The summed E-state index contributed by atoms with van der Waals surface area (Å²) in [5, 5.41) is 3.00. The Morgan fingerprint density at radius 2 is 2.14 bits per heavy atom. The lowest BCUT2D eigenvalue weighted by molar-refractivity contribution is -0.119. The van der Waals surface area contributed by atoms with Crippen molar-refractivity contribution in [1.82, 2.24) is 15.3 Å². The molecule has 0 aliphatic heterocycles. The normalized spacial score (nSPS) is 11.8. The van der Waals surface area contributed by atoms with Crippen molar-refractivity contribution < 1.29 is 14.3 Å². The van der Waals surface area contributed by atoms with Crippen LogP contribution >= 0.6 is 11.8 Å². The maximum Gasteiger partial charge on any atom is 0.346 e. The average molecular weight is 313 g/mol. The Bertz CT molecular complexity index is 585. The van der Waals surface area contributed by atoms with Crippen molar-refractivity contribution in [2.45, 2.75) is 38.3 Å². The van der Waals surface area contributed by atoms with Crippen molar-refractivity contribution in [1.29, 1.82) is 0 Å². The van der Waals surface area contributed by atoms with Crippen LogP contribution in [0.2, 0.25) is 0 Å². The van der Waals surface area contributed by atoms with E-state index in [0.29, 0.717) is 5.69 Å². The molecule has 0 radical (unpaired) electrons. The molecule has 1 atom stereocenters. The third kappa shape index (κ3) is 4.89. The fraction of sp³-hybridized carbons (Fsp3) is 0.538. The molecule has 0 saturated heterocycles. The zero-order valence-electron chi connectivity index (χ0n) is 12.5. The van der Waals surface area contributed by atoms with Crippen LogP contribution in [-0.2, 0) is 9.53 Å². The second-order valence-corrected chi connectivity index (χ2v) is 5.47. The summed E-state index contributed by atoms with van der Waals surface area (Å²) < 4.78 is 4.67. The summed E-state index contributed by atoms with van der Waals surface area (Å²) >= 11 is 1.04. The Morgan fingerprint density at radius 1 is 1.48 bits per heavy atom. The van der Waals surface area contributed by atoms with Gasteiger partial charge in [-0.3, -0.25) is 4.79 Å². The first-order chi connectivity index (χ1) is 9.88. The minimum Gasteiger partial charge on any atom is -0.465 e. The van der Waals surface area contributed by atoms with Gasteiger partial charge < -0.3 is 15.0 Å². The van der Waals surface area contributed by atoms with Gasteiger partial charge in [-0.1, -0.05) is 18.7 Å². The van der Waals surface area contributed by atoms with Gasteiger partial charge >= 0.3 is 11.7 Å². The number of nitrogens with zero attached hydrogens (tertiary/aromatic N) is 1. The predicted molar refractivity (Wildman–Crippen MR) is 79.6 cm³/mol. The summed E-state index contributed by atoms with van der Waals surface area (Å²) in [6.07, 6.45) is 0.826. The van der Waals surface area contributed by atoms with Gasteiger partial charge in [-0.15, -0.1) is 0 Å². The molecule has 0 aliphatic rings. The number of methoxy groups -OCH3 is 1. The van der Waals surface area contributed by atoms with Crippen LogP contribution in [0.15, 0.2) is 9.82 Å². The summed E-state index contributed by atoms with van der Waals surface area (Å²) in [6.45, 7) is 5.45. The third-order valence-electron chi connectivity index (χ3n) is 2.84. The molecule has 1 rings (SSSR count). The van der Waals surface area contributed by atoms with Crippen LogP contribution < -0.4 is 11.0 Å². The molecule has 7 nitrogen and oxygen atoms in total. The smallest absolute Gasteiger partial charge is 0.346 e. The fourth-order valence-corrected chi connectivity index (χ4v) is 2.44. The van der Waals surface area contributed by atoms with Crippen molar-refractivity contribution >= 4 is 23.6 Å². The summed E-state index contributed by atoms with van der Waals surface area (Å²) in [5.41, 5.74) is -0.0184. The highest BCUT2D eigenvalue weighted by Gasteiger charge is 2.19. The highest BCUT2D eigenvalue weighted by atomic mass is 32.2. The molecule has 1 unspecified atom stereocenters. The molecular formula is C13H19N3O4S. The maximum atomic E-state index is 11.7. The topological polar surface area (TPSA) is 101 Å². The molecule has 21 heavy (non-hydrogen) atoms. The van der Waals surface area contributed by atoms with Gasteiger partial charge in [0.05, 0.1) is 12.9 Å². The molecule has 1 aromatic rings. The van der Waals surface area contributed by atoms with Gasteiger partial charge in [-0.05, 0) is 20.3 Å². The van der Waals surface area contributed by atoms with Crippen molar-refractivity contribution in [3.8, 4) is 0 Å². The molecule has 1 aromatic heterocycles. The molecule has 1 amide bonds. The highest BCUT2D eigenvalue weighted by Crippen LogP contribution is 2.21. The molecule has 2 N–H and O–H groups in total. The number of aromatic nitrogens is 2. The molecule has 0 aliphatic carbocycles. The summed E-state index contributed by atoms with van der Waals surface area (Å²) in [7, 11) is 1.25.